The maximum Gasteiger partial charge on any atom is 0.131 e. The first kappa shape index (κ1) is 11.0. The minimum atomic E-state index is -0.730. The Morgan fingerprint density at radius 1 is 0.889 bits per heavy atom. The van der Waals surface area contributed by atoms with Gasteiger partial charge in [0.1, 0.15) is 6.17 Å². The molecule has 0 aromatic heterocycles. The van der Waals surface area contributed by atoms with E-state index in [0.29, 0.717) is 0 Å². The second-order valence-electron chi connectivity index (χ2n) is 7.05. The van der Waals surface area contributed by atoms with Crippen LogP contribution in [0.2, 0.25) is 0 Å². The van der Waals surface area contributed by atoms with Crippen LogP contribution in [0, 0.1) is 23.2 Å². The second-order valence-corrected chi connectivity index (χ2v) is 7.05. The molecule has 18 heavy (non-hydrogen) atoms. The average Bonchev–Trinajstić information content (AvgIpc) is 2.37. The van der Waals surface area contributed by atoms with E-state index in [1.165, 1.54) is 19.3 Å². The third kappa shape index (κ3) is 1.56. The summed E-state index contributed by atoms with van der Waals surface area (Å²) in [6.45, 7) is 0. The number of hydrogen-bond donors (Lipinski definition) is 0. The fourth-order valence-electron chi connectivity index (χ4n) is 5.46. The van der Waals surface area contributed by atoms with Gasteiger partial charge in [0.25, 0.3) is 0 Å². The third-order valence-corrected chi connectivity index (χ3v) is 5.72. The molecule has 4 bridgehead atoms. The van der Waals surface area contributed by atoms with Crippen molar-refractivity contribution in [2.45, 2.75) is 44.7 Å². The van der Waals surface area contributed by atoms with E-state index in [1.807, 2.05) is 30.3 Å². The smallest absolute Gasteiger partial charge is 0.131 e. The first-order valence-corrected chi connectivity index (χ1v) is 7.44. The summed E-state index contributed by atoms with van der Waals surface area (Å²) in [7, 11) is 0. The summed E-state index contributed by atoms with van der Waals surface area (Å²) in [6.07, 6.45) is 6.88. The highest BCUT2D eigenvalue weighted by Gasteiger charge is 2.54. The van der Waals surface area contributed by atoms with Gasteiger partial charge >= 0.3 is 0 Å². The van der Waals surface area contributed by atoms with E-state index in [2.05, 4.69) is 0 Å². The minimum Gasteiger partial charge on any atom is -0.242 e. The summed E-state index contributed by atoms with van der Waals surface area (Å²) in [6, 6.07) is 9.88. The van der Waals surface area contributed by atoms with Crippen LogP contribution in [-0.2, 0) is 0 Å². The zero-order chi connectivity index (χ0) is 12.2. The van der Waals surface area contributed by atoms with Crippen LogP contribution in [0.4, 0.5) is 4.39 Å². The lowest BCUT2D eigenvalue weighted by atomic mass is 9.48. The summed E-state index contributed by atoms with van der Waals surface area (Å²) >= 11 is 0. The zero-order valence-corrected chi connectivity index (χ0v) is 10.8. The van der Waals surface area contributed by atoms with Gasteiger partial charge in [-0.15, -0.1) is 0 Å². The first-order valence-electron chi connectivity index (χ1n) is 7.44. The Labute approximate surface area is 109 Å². The maximum atomic E-state index is 15.1. The highest BCUT2D eigenvalue weighted by atomic mass is 19.1. The van der Waals surface area contributed by atoms with E-state index >= 15 is 4.39 Å². The van der Waals surface area contributed by atoms with Crippen molar-refractivity contribution in [3.8, 4) is 0 Å². The Morgan fingerprint density at radius 3 is 1.89 bits per heavy atom. The van der Waals surface area contributed by atoms with Crippen LogP contribution in [-0.4, -0.2) is 0 Å². The summed E-state index contributed by atoms with van der Waals surface area (Å²) < 4.78 is 15.1. The van der Waals surface area contributed by atoms with Gasteiger partial charge in [0, 0.05) is 5.41 Å². The van der Waals surface area contributed by atoms with Crippen LogP contribution in [0.15, 0.2) is 30.3 Å². The van der Waals surface area contributed by atoms with E-state index < -0.39 is 6.17 Å². The monoisotopic (exact) mass is 244 g/mol. The topological polar surface area (TPSA) is 0 Å². The molecule has 1 heteroatoms. The standard InChI is InChI=1S/C17H21F/c18-16(15-4-2-1-3-5-15)17-9-12-6-13(10-17)8-14(7-12)11-17/h1-5,12-14,16H,6-11H2. The average molecular weight is 244 g/mol. The molecule has 4 fully saturated rings. The van der Waals surface area contributed by atoms with Crippen molar-refractivity contribution >= 4 is 0 Å². The molecule has 0 nitrogen and oxygen atoms in total. The Balaban J connectivity index is 1.67. The van der Waals surface area contributed by atoms with Gasteiger partial charge in [0.05, 0.1) is 0 Å². The molecule has 0 saturated heterocycles. The van der Waals surface area contributed by atoms with Gasteiger partial charge < -0.3 is 0 Å². The van der Waals surface area contributed by atoms with Crippen molar-refractivity contribution in [1.82, 2.24) is 0 Å². The van der Waals surface area contributed by atoms with E-state index in [-0.39, 0.29) is 5.41 Å². The number of alkyl halides is 1. The first-order chi connectivity index (χ1) is 8.75. The molecule has 1 aromatic carbocycles. The van der Waals surface area contributed by atoms with Gasteiger partial charge in [-0.25, -0.2) is 4.39 Å². The van der Waals surface area contributed by atoms with Crippen LogP contribution in [0.5, 0.6) is 0 Å². The Bertz CT molecular complexity index is 401. The SMILES string of the molecule is FC(c1ccccc1)C12CC3CC(CC(C3)C1)C2. The molecule has 0 heterocycles. The van der Waals surface area contributed by atoms with E-state index in [0.717, 1.165) is 42.6 Å². The molecule has 1 atom stereocenters. The number of halogens is 1. The molecule has 5 rings (SSSR count). The third-order valence-electron chi connectivity index (χ3n) is 5.72. The molecule has 1 unspecified atom stereocenters. The molecule has 4 aliphatic rings. The number of benzene rings is 1. The summed E-state index contributed by atoms with van der Waals surface area (Å²) in [5, 5.41) is 0. The molecule has 0 N–H and O–H groups in total. The molecule has 0 aliphatic heterocycles. The van der Waals surface area contributed by atoms with E-state index in [1.54, 1.807) is 0 Å². The lowest BCUT2D eigenvalue weighted by Crippen LogP contribution is -2.48. The quantitative estimate of drug-likeness (QED) is 0.693. The highest BCUT2D eigenvalue weighted by Crippen LogP contribution is 2.64. The fraction of sp³-hybridized carbons (Fsp3) is 0.647. The molecule has 0 radical (unpaired) electrons. The van der Waals surface area contributed by atoms with Crippen LogP contribution in [0.25, 0.3) is 0 Å². The van der Waals surface area contributed by atoms with Crippen LogP contribution in [0.1, 0.15) is 50.3 Å². The summed E-state index contributed by atoms with van der Waals surface area (Å²) in [5.41, 5.74) is 0.912. The van der Waals surface area contributed by atoms with Crippen molar-refractivity contribution in [2.75, 3.05) is 0 Å². The van der Waals surface area contributed by atoms with Gasteiger partial charge in [-0.2, -0.15) is 0 Å². The molecule has 1 aromatic rings. The van der Waals surface area contributed by atoms with Gasteiger partial charge in [0.15, 0.2) is 0 Å². The summed E-state index contributed by atoms with van der Waals surface area (Å²) in [5.74, 6) is 2.50. The highest BCUT2D eigenvalue weighted by molar-refractivity contribution is 5.21. The van der Waals surface area contributed by atoms with Crippen LogP contribution in [0.3, 0.4) is 0 Å². The lowest BCUT2D eigenvalue weighted by molar-refractivity contribution is -0.0967. The van der Waals surface area contributed by atoms with Crippen LogP contribution >= 0.6 is 0 Å². The second kappa shape index (κ2) is 3.82. The minimum absolute atomic E-state index is 0.00387. The van der Waals surface area contributed by atoms with E-state index in [4.69, 9.17) is 0 Å². The Hall–Kier alpha value is -0.850. The molecule has 4 saturated carbocycles. The van der Waals surface area contributed by atoms with Gasteiger partial charge in [-0.05, 0) is 61.8 Å². The number of hydrogen-bond acceptors (Lipinski definition) is 0. The Morgan fingerprint density at radius 2 is 1.39 bits per heavy atom. The Kier molecular flexibility index (Phi) is 2.34. The molecule has 4 aliphatic carbocycles. The molecule has 0 spiro atoms. The molecule has 0 amide bonds. The molecular formula is C17H21F. The number of rotatable bonds is 2. The van der Waals surface area contributed by atoms with Crippen LogP contribution < -0.4 is 0 Å². The molecular weight excluding hydrogens is 223 g/mol. The van der Waals surface area contributed by atoms with Crippen molar-refractivity contribution in [1.29, 1.82) is 0 Å². The normalized spacial score (nSPS) is 43.1. The van der Waals surface area contributed by atoms with E-state index in [9.17, 15) is 0 Å². The van der Waals surface area contributed by atoms with Crippen molar-refractivity contribution < 1.29 is 4.39 Å². The zero-order valence-electron chi connectivity index (χ0n) is 10.8. The molecule has 96 valence electrons. The predicted molar refractivity (Wildman–Crippen MR) is 70.9 cm³/mol. The largest absolute Gasteiger partial charge is 0.242 e. The van der Waals surface area contributed by atoms with Crippen molar-refractivity contribution in [3.05, 3.63) is 35.9 Å². The van der Waals surface area contributed by atoms with Gasteiger partial charge in [0.2, 0.25) is 0 Å². The van der Waals surface area contributed by atoms with Gasteiger partial charge in [-0.3, -0.25) is 0 Å². The maximum absolute atomic E-state index is 15.1. The van der Waals surface area contributed by atoms with Crippen molar-refractivity contribution in [2.24, 2.45) is 23.2 Å². The van der Waals surface area contributed by atoms with Crippen molar-refractivity contribution in [3.63, 3.8) is 0 Å². The predicted octanol–water partition coefficient (Wildman–Crippen LogP) is 4.91. The fourth-order valence-corrected chi connectivity index (χ4v) is 5.46. The lowest BCUT2D eigenvalue weighted by Gasteiger charge is -2.57. The summed E-state index contributed by atoms with van der Waals surface area (Å²) in [4.78, 5) is 0. The van der Waals surface area contributed by atoms with Gasteiger partial charge in [-0.1, -0.05) is 30.3 Å².